The van der Waals surface area contributed by atoms with Crippen LogP contribution in [0.1, 0.15) is 10.5 Å². The molecular formula is C18H12N2O2. The first kappa shape index (κ1) is 12.6. The summed E-state index contributed by atoms with van der Waals surface area (Å²) in [6.07, 6.45) is 1.84. The highest BCUT2D eigenvalue weighted by Gasteiger charge is 2.18. The molecule has 0 radical (unpaired) electrons. The maximum Gasteiger partial charge on any atom is 0.356 e. The minimum Gasteiger partial charge on any atom is -0.476 e. The second kappa shape index (κ2) is 4.70. The van der Waals surface area contributed by atoms with Crippen molar-refractivity contribution in [2.24, 2.45) is 0 Å². The fourth-order valence-corrected chi connectivity index (χ4v) is 2.81. The lowest BCUT2D eigenvalue weighted by atomic mass is 10.0. The Bertz CT molecular complexity index is 1010. The van der Waals surface area contributed by atoms with Crippen molar-refractivity contribution >= 4 is 22.3 Å². The molecule has 0 saturated carbocycles. The monoisotopic (exact) mass is 288 g/mol. The first-order valence-corrected chi connectivity index (χ1v) is 6.94. The molecule has 106 valence electrons. The van der Waals surface area contributed by atoms with Crippen LogP contribution >= 0.6 is 0 Å². The summed E-state index contributed by atoms with van der Waals surface area (Å²) < 4.78 is 1.82. The largest absolute Gasteiger partial charge is 0.476 e. The summed E-state index contributed by atoms with van der Waals surface area (Å²) in [5, 5.41) is 11.5. The summed E-state index contributed by atoms with van der Waals surface area (Å²) in [5.41, 5.74) is 1.59. The zero-order chi connectivity index (χ0) is 15.1. The summed E-state index contributed by atoms with van der Waals surface area (Å²) in [6.45, 7) is 0. The SMILES string of the molecule is O=C(O)c1nc(-c2cccc3ccccc23)n2ccccc12. The van der Waals surface area contributed by atoms with E-state index in [1.165, 1.54) is 0 Å². The number of carboxylic acid groups (broad SMARTS) is 1. The number of aromatic carboxylic acids is 1. The third-order valence-electron chi connectivity index (χ3n) is 3.78. The van der Waals surface area contributed by atoms with Crippen LogP contribution in [-0.2, 0) is 0 Å². The molecule has 0 atom stereocenters. The number of fused-ring (bicyclic) bond motifs is 2. The molecule has 2 heterocycles. The Kier molecular flexibility index (Phi) is 2.69. The number of nitrogens with zero attached hydrogens (tertiary/aromatic N) is 2. The van der Waals surface area contributed by atoms with Gasteiger partial charge in [0.15, 0.2) is 5.69 Å². The molecule has 0 aliphatic rings. The number of hydrogen-bond acceptors (Lipinski definition) is 2. The molecule has 0 fully saturated rings. The maximum atomic E-state index is 11.4. The highest BCUT2D eigenvalue weighted by molar-refractivity contribution is 5.99. The summed E-state index contributed by atoms with van der Waals surface area (Å²) in [4.78, 5) is 15.8. The van der Waals surface area contributed by atoms with Gasteiger partial charge >= 0.3 is 5.97 Å². The first-order valence-electron chi connectivity index (χ1n) is 6.94. The van der Waals surface area contributed by atoms with Crippen molar-refractivity contribution < 1.29 is 9.90 Å². The molecule has 4 nitrogen and oxygen atoms in total. The Hall–Kier alpha value is -3.14. The molecule has 0 aliphatic heterocycles. The highest BCUT2D eigenvalue weighted by atomic mass is 16.4. The molecule has 0 aliphatic carbocycles. The van der Waals surface area contributed by atoms with E-state index in [9.17, 15) is 9.90 Å². The van der Waals surface area contributed by atoms with Crippen LogP contribution in [0.5, 0.6) is 0 Å². The topological polar surface area (TPSA) is 54.6 Å². The molecule has 4 heteroatoms. The lowest BCUT2D eigenvalue weighted by Gasteiger charge is -2.05. The summed E-state index contributed by atoms with van der Waals surface area (Å²) in [7, 11) is 0. The van der Waals surface area contributed by atoms with Gasteiger partial charge in [0, 0.05) is 11.8 Å². The van der Waals surface area contributed by atoms with Crippen LogP contribution in [0.4, 0.5) is 0 Å². The molecule has 4 aromatic rings. The number of rotatable bonds is 2. The van der Waals surface area contributed by atoms with E-state index in [0.29, 0.717) is 11.3 Å². The van der Waals surface area contributed by atoms with Gasteiger partial charge in [-0.3, -0.25) is 4.40 Å². The summed E-state index contributed by atoms with van der Waals surface area (Å²) in [5.74, 6) is -0.375. The van der Waals surface area contributed by atoms with Crippen molar-refractivity contribution in [3.63, 3.8) is 0 Å². The smallest absolute Gasteiger partial charge is 0.356 e. The Balaban J connectivity index is 2.11. The van der Waals surface area contributed by atoms with Gasteiger partial charge in [-0.25, -0.2) is 9.78 Å². The molecule has 2 aromatic heterocycles. The second-order valence-electron chi connectivity index (χ2n) is 5.07. The van der Waals surface area contributed by atoms with Crippen molar-refractivity contribution in [2.75, 3.05) is 0 Å². The normalized spacial score (nSPS) is 11.1. The minimum atomic E-state index is -1.02. The number of carboxylic acids is 1. The molecule has 0 amide bonds. The van der Waals surface area contributed by atoms with Gasteiger partial charge in [0.1, 0.15) is 5.82 Å². The van der Waals surface area contributed by atoms with Gasteiger partial charge in [-0.2, -0.15) is 0 Å². The molecule has 0 unspecified atom stereocenters. The Labute approximate surface area is 126 Å². The number of benzene rings is 2. The molecule has 2 aromatic carbocycles. The first-order chi connectivity index (χ1) is 10.8. The van der Waals surface area contributed by atoms with E-state index in [0.717, 1.165) is 16.3 Å². The Morgan fingerprint density at radius 1 is 0.955 bits per heavy atom. The summed E-state index contributed by atoms with van der Waals surface area (Å²) >= 11 is 0. The minimum absolute atomic E-state index is 0.0727. The zero-order valence-electron chi connectivity index (χ0n) is 11.6. The van der Waals surface area contributed by atoms with E-state index in [-0.39, 0.29) is 5.69 Å². The van der Waals surface area contributed by atoms with E-state index < -0.39 is 5.97 Å². The van der Waals surface area contributed by atoms with E-state index in [4.69, 9.17) is 0 Å². The van der Waals surface area contributed by atoms with Crippen molar-refractivity contribution in [3.8, 4) is 11.4 Å². The number of imidazole rings is 1. The van der Waals surface area contributed by atoms with Crippen LogP contribution in [0.2, 0.25) is 0 Å². The van der Waals surface area contributed by atoms with Gasteiger partial charge in [0.25, 0.3) is 0 Å². The van der Waals surface area contributed by atoms with E-state index >= 15 is 0 Å². The van der Waals surface area contributed by atoms with Crippen LogP contribution in [0.15, 0.2) is 66.9 Å². The quantitative estimate of drug-likeness (QED) is 0.609. The molecule has 4 rings (SSSR count). The standard InChI is InChI=1S/C18H12N2O2/c21-18(22)16-15-10-3-4-11-20(15)17(19-16)14-9-5-7-12-6-1-2-8-13(12)14/h1-11H,(H,21,22). The zero-order valence-corrected chi connectivity index (χ0v) is 11.6. The fraction of sp³-hybridized carbons (Fsp3) is 0. The van der Waals surface area contributed by atoms with E-state index in [1.54, 1.807) is 6.07 Å². The summed E-state index contributed by atoms with van der Waals surface area (Å²) in [6, 6.07) is 19.4. The number of carbonyl (C=O) groups is 1. The van der Waals surface area contributed by atoms with Gasteiger partial charge in [0.05, 0.1) is 5.52 Å². The van der Waals surface area contributed by atoms with Crippen LogP contribution in [0.25, 0.3) is 27.7 Å². The molecule has 0 saturated heterocycles. The van der Waals surface area contributed by atoms with Crippen molar-refractivity contribution in [1.82, 2.24) is 9.38 Å². The lowest BCUT2D eigenvalue weighted by Crippen LogP contribution is -1.97. The Morgan fingerprint density at radius 3 is 2.59 bits per heavy atom. The lowest BCUT2D eigenvalue weighted by molar-refractivity contribution is 0.0693. The van der Waals surface area contributed by atoms with Crippen molar-refractivity contribution in [3.05, 3.63) is 72.6 Å². The number of aromatic nitrogens is 2. The van der Waals surface area contributed by atoms with Crippen molar-refractivity contribution in [2.45, 2.75) is 0 Å². The maximum absolute atomic E-state index is 11.4. The molecule has 0 bridgehead atoms. The molecular weight excluding hydrogens is 276 g/mol. The highest BCUT2D eigenvalue weighted by Crippen LogP contribution is 2.29. The average Bonchev–Trinajstić information content (AvgIpc) is 2.94. The van der Waals surface area contributed by atoms with Gasteiger partial charge in [-0.15, -0.1) is 0 Å². The van der Waals surface area contributed by atoms with Gasteiger partial charge in [-0.1, -0.05) is 48.5 Å². The van der Waals surface area contributed by atoms with Crippen LogP contribution in [-0.4, -0.2) is 20.5 Å². The molecule has 1 N–H and O–H groups in total. The third kappa shape index (κ3) is 1.78. The van der Waals surface area contributed by atoms with Crippen LogP contribution < -0.4 is 0 Å². The van der Waals surface area contributed by atoms with Gasteiger partial charge in [-0.05, 0) is 22.9 Å². The average molecular weight is 288 g/mol. The number of pyridine rings is 1. The fourth-order valence-electron chi connectivity index (χ4n) is 2.81. The predicted molar refractivity (Wildman–Crippen MR) is 85.1 cm³/mol. The van der Waals surface area contributed by atoms with E-state index in [2.05, 4.69) is 4.98 Å². The number of hydrogen-bond donors (Lipinski definition) is 1. The predicted octanol–water partition coefficient (Wildman–Crippen LogP) is 3.85. The van der Waals surface area contributed by atoms with Crippen LogP contribution in [0, 0.1) is 0 Å². The Morgan fingerprint density at radius 2 is 1.73 bits per heavy atom. The van der Waals surface area contributed by atoms with Gasteiger partial charge in [0.2, 0.25) is 0 Å². The van der Waals surface area contributed by atoms with Gasteiger partial charge < -0.3 is 5.11 Å². The third-order valence-corrected chi connectivity index (χ3v) is 3.78. The molecule has 22 heavy (non-hydrogen) atoms. The van der Waals surface area contributed by atoms with Crippen molar-refractivity contribution in [1.29, 1.82) is 0 Å². The molecule has 0 spiro atoms. The van der Waals surface area contributed by atoms with E-state index in [1.807, 2.05) is 65.2 Å². The van der Waals surface area contributed by atoms with Crippen LogP contribution in [0.3, 0.4) is 0 Å². The second-order valence-corrected chi connectivity index (χ2v) is 5.07.